The van der Waals surface area contributed by atoms with Crippen molar-refractivity contribution in [2.75, 3.05) is 18.1 Å². The van der Waals surface area contributed by atoms with E-state index in [1.165, 1.54) is 12.3 Å². The third-order valence-corrected chi connectivity index (χ3v) is 3.40. The predicted molar refractivity (Wildman–Crippen MR) is 59.6 cm³/mol. The summed E-state index contributed by atoms with van der Waals surface area (Å²) in [5.41, 5.74) is 0.305. The van der Waals surface area contributed by atoms with Crippen molar-refractivity contribution in [2.45, 2.75) is 6.92 Å². The van der Waals surface area contributed by atoms with Gasteiger partial charge >= 0.3 is 0 Å². The Kier molecular flexibility index (Phi) is 4.84. The van der Waals surface area contributed by atoms with Gasteiger partial charge in [-0.15, -0.1) is 0 Å². The second kappa shape index (κ2) is 5.92. The van der Waals surface area contributed by atoms with E-state index in [4.69, 9.17) is 16.0 Å². The lowest BCUT2D eigenvalue weighted by Gasteiger charge is -2.02. The third kappa shape index (κ3) is 3.68. The van der Waals surface area contributed by atoms with Crippen molar-refractivity contribution in [3.05, 3.63) is 23.1 Å². The maximum Gasteiger partial charge on any atom is 0.256 e. The molecule has 1 atom stereocenters. The van der Waals surface area contributed by atoms with E-state index in [9.17, 15) is 9.00 Å². The summed E-state index contributed by atoms with van der Waals surface area (Å²) in [7, 11) is -0.867. The number of halogens is 1. The van der Waals surface area contributed by atoms with Crippen LogP contribution in [0.1, 0.15) is 17.3 Å². The molecular weight excluding hydrogens is 238 g/mol. The highest BCUT2D eigenvalue weighted by atomic mass is 35.5. The van der Waals surface area contributed by atoms with Crippen LogP contribution in [0.5, 0.6) is 0 Å². The summed E-state index contributed by atoms with van der Waals surface area (Å²) >= 11 is 5.62. The number of nitrogens with one attached hydrogen (secondary N) is 1. The number of carbonyl (C=O) groups is 1. The van der Waals surface area contributed by atoms with Crippen molar-refractivity contribution in [3.63, 3.8) is 0 Å². The Morgan fingerprint density at radius 1 is 1.67 bits per heavy atom. The fraction of sp³-hybridized carbons (Fsp3) is 0.444. The highest BCUT2D eigenvalue weighted by Gasteiger charge is 2.12. The van der Waals surface area contributed by atoms with Crippen molar-refractivity contribution in [1.82, 2.24) is 5.32 Å². The molecule has 0 radical (unpaired) electrons. The minimum Gasteiger partial charge on any atom is -0.452 e. The lowest BCUT2D eigenvalue weighted by atomic mass is 10.3. The Morgan fingerprint density at radius 3 is 2.93 bits per heavy atom. The summed E-state index contributed by atoms with van der Waals surface area (Å²) in [5.74, 6) is 0.752. The first-order chi connectivity index (χ1) is 7.15. The number of rotatable bonds is 5. The van der Waals surface area contributed by atoms with Crippen LogP contribution in [0.3, 0.4) is 0 Å². The van der Waals surface area contributed by atoms with Crippen molar-refractivity contribution >= 4 is 28.3 Å². The fourth-order valence-corrected chi connectivity index (χ4v) is 1.79. The molecule has 0 aliphatic rings. The van der Waals surface area contributed by atoms with Crippen LogP contribution in [0.25, 0.3) is 0 Å². The molecule has 0 saturated heterocycles. The van der Waals surface area contributed by atoms with Crippen molar-refractivity contribution in [1.29, 1.82) is 0 Å². The highest BCUT2D eigenvalue weighted by Crippen LogP contribution is 2.15. The van der Waals surface area contributed by atoms with Crippen LogP contribution in [0.4, 0.5) is 0 Å². The molecule has 0 spiro atoms. The minimum absolute atomic E-state index is 0.0733. The summed E-state index contributed by atoms with van der Waals surface area (Å²) in [5, 5.41) is 2.69. The van der Waals surface area contributed by atoms with Gasteiger partial charge in [0, 0.05) is 28.9 Å². The average Bonchev–Trinajstić information content (AvgIpc) is 2.64. The maximum atomic E-state index is 11.4. The summed E-state index contributed by atoms with van der Waals surface area (Å²) in [6, 6.07) is 1.49. The van der Waals surface area contributed by atoms with Gasteiger partial charge in [-0.2, -0.15) is 0 Å². The Bertz CT molecular complexity index is 364. The molecule has 1 heterocycles. The van der Waals surface area contributed by atoms with Crippen LogP contribution < -0.4 is 5.32 Å². The zero-order valence-corrected chi connectivity index (χ0v) is 9.86. The summed E-state index contributed by atoms with van der Waals surface area (Å²) in [4.78, 5) is 11.4. The van der Waals surface area contributed by atoms with Crippen molar-refractivity contribution in [2.24, 2.45) is 0 Å². The SMILES string of the molecule is CCS(=O)CCNC(=O)c1ccoc1Cl. The van der Waals surface area contributed by atoms with Crippen LogP contribution in [0, 0.1) is 0 Å². The van der Waals surface area contributed by atoms with E-state index in [1.807, 2.05) is 6.92 Å². The second-order valence-electron chi connectivity index (χ2n) is 2.80. The molecule has 0 bridgehead atoms. The van der Waals surface area contributed by atoms with Crippen LogP contribution >= 0.6 is 11.6 Å². The van der Waals surface area contributed by atoms with Gasteiger partial charge in [0.25, 0.3) is 5.91 Å². The largest absolute Gasteiger partial charge is 0.452 e. The first-order valence-corrected chi connectivity index (χ1v) is 6.38. The van der Waals surface area contributed by atoms with Gasteiger partial charge in [-0.25, -0.2) is 0 Å². The molecule has 0 aromatic carbocycles. The van der Waals surface area contributed by atoms with Gasteiger partial charge in [-0.05, 0) is 17.7 Å². The van der Waals surface area contributed by atoms with Gasteiger partial charge in [0.1, 0.15) is 0 Å². The van der Waals surface area contributed by atoms with E-state index in [1.54, 1.807) is 0 Å². The number of amides is 1. The molecule has 0 aliphatic carbocycles. The maximum absolute atomic E-state index is 11.4. The number of hydrogen-bond acceptors (Lipinski definition) is 3. The zero-order chi connectivity index (χ0) is 11.3. The van der Waals surface area contributed by atoms with E-state index in [2.05, 4.69) is 5.32 Å². The normalized spacial score (nSPS) is 12.4. The van der Waals surface area contributed by atoms with Crippen LogP contribution in [0.15, 0.2) is 16.7 Å². The number of furan rings is 1. The zero-order valence-electron chi connectivity index (χ0n) is 8.29. The van der Waals surface area contributed by atoms with E-state index in [-0.39, 0.29) is 11.1 Å². The molecule has 15 heavy (non-hydrogen) atoms. The predicted octanol–water partition coefficient (Wildman–Crippen LogP) is 1.43. The molecule has 1 amide bonds. The second-order valence-corrected chi connectivity index (χ2v) is 5.01. The van der Waals surface area contributed by atoms with Gasteiger partial charge < -0.3 is 9.73 Å². The fourth-order valence-electron chi connectivity index (χ4n) is 0.974. The molecule has 0 saturated carbocycles. The topological polar surface area (TPSA) is 59.3 Å². The van der Waals surface area contributed by atoms with Gasteiger partial charge in [0.15, 0.2) is 0 Å². The third-order valence-electron chi connectivity index (χ3n) is 1.80. The van der Waals surface area contributed by atoms with Crippen LogP contribution in [-0.2, 0) is 10.8 Å². The smallest absolute Gasteiger partial charge is 0.256 e. The van der Waals surface area contributed by atoms with Crippen molar-refractivity contribution in [3.8, 4) is 0 Å². The summed E-state index contributed by atoms with van der Waals surface area (Å²) in [6.45, 7) is 2.21. The van der Waals surface area contributed by atoms with Crippen molar-refractivity contribution < 1.29 is 13.4 Å². The molecule has 1 aromatic rings. The molecule has 84 valence electrons. The summed E-state index contributed by atoms with van der Waals surface area (Å²) < 4.78 is 15.8. The van der Waals surface area contributed by atoms with E-state index < -0.39 is 10.8 Å². The Balaban J connectivity index is 2.38. The molecule has 4 nitrogen and oxygen atoms in total. The molecule has 1 aromatic heterocycles. The first-order valence-electron chi connectivity index (χ1n) is 4.51. The van der Waals surface area contributed by atoms with Gasteiger partial charge in [-0.3, -0.25) is 9.00 Å². The molecule has 0 aliphatic heterocycles. The highest BCUT2D eigenvalue weighted by molar-refractivity contribution is 7.84. The molecule has 0 fully saturated rings. The average molecular weight is 250 g/mol. The van der Waals surface area contributed by atoms with Gasteiger partial charge in [0.2, 0.25) is 5.22 Å². The Hall–Kier alpha value is -0.810. The molecular formula is C9H12ClNO3S. The molecule has 1 unspecified atom stereocenters. The summed E-state index contributed by atoms with van der Waals surface area (Å²) in [6.07, 6.45) is 1.35. The number of carbonyl (C=O) groups excluding carboxylic acids is 1. The van der Waals surface area contributed by atoms with E-state index >= 15 is 0 Å². The van der Waals surface area contributed by atoms with E-state index in [0.29, 0.717) is 23.6 Å². The minimum atomic E-state index is -0.867. The lowest BCUT2D eigenvalue weighted by Crippen LogP contribution is -2.27. The van der Waals surface area contributed by atoms with Gasteiger partial charge in [-0.1, -0.05) is 6.92 Å². The molecule has 6 heteroatoms. The molecule has 1 N–H and O–H groups in total. The van der Waals surface area contributed by atoms with Gasteiger partial charge in [0.05, 0.1) is 11.8 Å². The monoisotopic (exact) mass is 249 g/mol. The quantitative estimate of drug-likeness (QED) is 0.859. The van der Waals surface area contributed by atoms with Crippen LogP contribution in [-0.4, -0.2) is 28.2 Å². The van der Waals surface area contributed by atoms with E-state index in [0.717, 1.165) is 0 Å². The first kappa shape index (κ1) is 12.3. The lowest BCUT2D eigenvalue weighted by molar-refractivity contribution is 0.0955. The molecule has 1 rings (SSSR count). The van der Waals surface area contributed by atoms with Crippen LogP contribution in [0.2, 0.25) is 5.22 Å². The Morgan fingerprint density at radius 2 is 2.40 bits per heavy atom. The number of hydrogen-bond donors (Lipinski definition) is 1. The Labute approximate surface area is 95.4 Å². The standard InChI is InChI=1S/C9H12ClNO3S/c1-2-15(13)6-4-11-9(12)7-3-5-14-8(7)10/h3,5H,2,4,6H2,1H3,(H,11,12).